The molecule has 0 fully saturated rings. The maximum absolute atomic E-state index is 10.8. The molecule has 0 N–H and O–H groups in total. The smallest absolute Gasteiger partial charge is 0.430 e. The van der Waals surface area contributed by atoms with Crippen LogP contribution in [0.4, 0.5) is 4.79 Å². The predicted molar refractivity (Wildman–Crippen MR) is 49.2 cm³/mol. The molecule has 0 aromatic carbocycles. The van der Waals surface area contributed by atoms with Crippen LogP contribution in [-0.4, -0.2) is 17.9 Å². The molecule has 5 heteroatoms. The minimum atomic E-state index is -0.910. The van der Waals surface area contributed by atoms with Gasteiger partial charge < -0.3 is 4.74 Å². The Labute approximate surface area is 84.1 Å². The Hall–Kier alpha value is -0.810. The molecule has 0 amide bonds. The lowest BCUT2D eigenvalue weighted by Gasteiger charge is -2.19. The van der Waals surface area contributed by atoms with E-state index in [0.29, 0.717) is 0 Å². The zero-order valence-corrected chi connectivity index (χ0v) is 9.33. The molecule has 0 aliphatic rings. The molecular weight excluding hydrogens is 188 g/mol. The van der Waals surface area contributed by atoms with Gasteiger partial charge in [-0.15, -0.1) is 0 Å². The lowest BCUT2D eigenvalue weighted by atomic mass is 10.1. The maximum atomic E-state index is 10.8. The Morgan fingerprint density at radius 2 is 1.93 bits per heavy atom. The van der Waals surface area contributed by atoms with Gasteiger partial charge in [-0.3, -0.25) is 0 Å². The van der Waals surface area contributed by atoms with Crippen LogP contribution < -0.4 is 0 Å². The van der Waals surface area contributed by atoms with Crippen LogP contribution in [0.5, 0.6) is 0 Å². The summed E-state index contributed by atoms with van der Waals surface area (Å²) in [6.45, 7) is 8.96. The first-order valence-corrected chi connectivity index (χ1v) is 4.60. The quantitative estimate of drug-likeness (QED) is 0.393. The Bertz CT molecular complexity index is 176. The monoisotopic (exact) mass is 206 g/mol. The molecule has 0 radical (unpaired) electrons. The highest BCUT2D eigenvalue weighted by Gasteiger charge is 2.19. The van der Waals surface area contributed by atoms with Crippen molar-refractivity contribution in [2.75, 3.05) is 0 Å². The molecule has 5 nitrogen and oxygen atoms in total. The highest BCUT2D eigenvalue weighted by molar-refractivity contribution is 5.59. The van der Waals surface area contributed by atoms with Gasteiger partial charge >= 0.3 is 6.16 Å². The van der Waals surface area contributed by atoms with Crippen molar-refractivity contribution in [3.63, 3.8) is 0 Å². The van der Waals surface area contributed by atoms with E-state index in [-0.39, 0.29) is 6.10 Å². The molecule has 14 heavy (non-hydrogen) atoms. The molecule has 0 atom stereocenters. The van der Waals surface area contributed by atoms with Gasteiger partial charge in [-0.05, 0) is 39.2 Å². The van der Waals surface area contributed by atoms with Gasteiger partial charge in [-0.1, -0.05) is 6.92 Å². The van der Waals surface area contributed by atoms with E-state index in [1.165, 1.54) is 0 Å². The average molecular weight is 206 g/mol. The minimum Gasteiger partial charge on any atom is -0.430 e. The highest BCUT2D eigenvalue weighted by atomic mass is 17.5. The van der Waals surface area contributed by atoms with Crippen LogP contribution in [0, 0.1) is 0 Å². The van der Waals surface area contributed by atoms with Crippen molar-refractivity contribution in [2.45, 2.75) is 52.7 Å². The van der Waals surface area contributed by atoms with Crippen LogP contribution in [0.15, 0.2) is 0 Å². The van der Waals surface area contributed by atoms with Crippen molar-refractivity contribution in [3.8, 4) is 0 Å². The molecule has 0 bridgehead atoms. The molecule has 0 saturated heterocycles. The number of rotatable bonds is 5. The van der Waals surface area contributed by atoms with Crippen molar-refractivity contribution in [1.29, 1.82) is 0 Å². The minimum absolute atomic E-state index is 0.245. The second-order valence-electron chi connectivity index (χ2n) is 3.76. The molecule has 0 rings (SSSR count). The Kier molecular flexibility index (Phi) is 5.49. The number of ether oxygens (including phenoxy) is 1. The van der Waals surface area contributed by atoms with E-state index in [2.05, 4.69) is 14.7 Å². The Morgan fingerprint density at radius 3 is 2.36 bits per heavy atom. The van der Waals surface area contributed by atoms with Gasteiger partial charge in [0, 0.05) is 0 Å². The average Bonchev–Trinajstić information content (AvgIpc) is 2.02. The zero-order chi connectivity index (χ0) is 11.2. The lowest BCUT2D eigenvalue weighted by Crippen LogP contribution is -2.24. The van der Waals surface area contributed by atoms with E-state index in [1.807, 2.05) is 20.8 Å². The van der Waals surface area contributed by atoms with Gasteiger partial charge in [0.25, 0.3) is 0 Å². The highest BCUT2D eigenvalue weighted by Crippen LogP contribution is 2.13. The van der Waals surface area contributed by atoms with Crippen molar-refractivity contribution in [2.24, 2.45) is 0 Å². The van der Waals surface area contributed by atoms with Gasteiger partial charge in [-0.25, -0.2) is 9.68 Å². The summed E-state index contributed by atoms with van der Waals surface area (Å²) < 4.78 is 4.63. The molecule has 0 spiro atoms. The largest absolute Gasteiger partial charge is 0.542 e. The van der Waals surface area contributed by atoms with Crippen molar-refractivity contribution < 1.29 is 24.3 Å². The molecule has 0 aromatic heterocycles. The second-order valence-corrected chi connectivity index (χ2v) is 3.76. The zero-order valence-electron chi connectivity index (χ0n) is 9.33. The van der Waals surface area contributed by atoms with Gasteiger partial charge in [0.05, 0.1) is 6.10 Å². The summed E-state index contributed by atoms with van der Waals surface area (Å²) in [5.74, 6) is 0. The van der Waals surface area contributed by atoms with Gasteiger partial charge in [0.2, 0.25) is 0 Å². The summed E-state index contributed by atoms with van der Waals surface area (Å²) in [6, 6.07) is 0. The summed E-state index contributed by atoms with van der Waals surface area (Å²) in [4.78, 5) is 19.8. The third-order valence-corrected chi connectivity index (χ3v) is 1.55. The Morgan fingerprint density at radius 1 is 1.36 bits per heavy atom. The Balaban J connectivity index is 3.59. The third kappa shape index (κ3) is 6.68. The van der Waals surface area contributed by atoms with Crippen LogP contribution >= 0.6 is 0 Å². The summed E-state index contributed by atoms with van der Waals surface area (Å²) in [5.41, 5.74) is -0.488. The van der Waals surface area contributed by atoms with Crippen LogP contribution in [0.25, 0.3) is 0 Å². The first kappa shape index (κ1) is 13.2. The first-order chi connectivity index (χ1) is 6.37. The first-order valence-electron chi connectivity index (χ1n) is 4.60. The SMILES string of the molecule is CCC(C)(C)OOOC(=O)OC(C)C. The number of hydrogen-bond acceptors (Lipinski definition) is 5. The molecule has 84 valence electrons. The molecule has 0 aromatic rings. The van der Waals surface area contributed by atoms with Crippen LogP contribution in [0.3, 0.4) is 0 Å². The summed E-state index contributed by atoms with van der Waals surface area (Å²) in [7, 11) is 0. The fourth-order valence-corrected chi connectivity index (χ4v) is 0.408. The molecular formula is C9H18O5. The topological polar surface area (TPSA) is 54.0 Å². The fourth-order valence-electron chi connectivity index (χ4n) is 0.408. The van der Waals surface area contributed by atoms with Crippen molar-refractivity contribution >= 4 is 6.16 Å². The summed E-state index contributed by atoms with van der Waals surface area (Å²) in [5, 5.41) is 4.28. The predicted octanol–water partition coefficient (Wildman–Crippen LogP) is 2.60. The maximum Gasteiger partial charge on any atom is 0.542 e. The standard InChI is InChI=1S/C9H18O5/c1-6-9(4,5)13-14-12-8(10)11-7(2)3/h7H,6H2,1-5H3. The second kappa shape index (κ2) is 5.82. The van der Waals surface area contributed by atoms with Gasteiger partial charge in [-0.2, -0.15) is 4.89 Å². The van der Waals surface area contributed by atoms with Crippen LogP contribution in [0.1, 0.15) is 41.0 Å². The number of carbonyl (C=O) groups is 1. The van der Waals surface area contributed by atoms with Gasteiger partial charge in [0.1, 0.15) is 5.60 Å². The number of carbonyl (C=O) groups excluding carboxylic acids is 1. The third-order valence-electron chi connectivity index (χ3n) is 1.55. The summed E-state index contributed by atoms with van der Waals surface area (Å²) >= 11 is 0. The van der Waals surface area contributed by atoms with E-state index in [0.717, 1.165) is 6.42 Å². The van der Waals surface area contributed by atoms with E-state index in [4.69, 9.17) is 4.89 Å². The van der Waals surface area contributed by atoms with E-state index >= 15 is 0 Å². The fraction of sp³-hybridized carbons (Fsp3) is 0.889. The van der Waals surface area contributed by atoms with E-state index in [1.54, 1.807) is 13.8 Å². The molecule has 0 saturated carbocycles. The van der Waals surface area contributed by atoms with Gasteiger partial charge in [0.15, 0.2) is 0 Å². The van der Waals surface area contributed by atoms with Crippen molar-refractivity contribution in [3.05, 3.63) is 0 Å². The molecule has 0 unspecified atom stereocenters. The van der Waals surface area contributed by atoms with Crippen molar-refractivity contribution in [1.82, 2.24) is 0 Å². The molecule has 0 aliphatic heterocycles. The summed E-state index contributed by atoms with van der Waals surface area (Å²) in [6.07, 6.45) is -0.424. The normalized spacial score (nSPS) is 11.6. The number of hydrogen-bond donors (Lipinski definition) is 0. The molecule has 0 heterocycles. The van der Waals surface area contributed by atoms with Crippen LogP contribution in [0.2, 0.25) is 0 Å². The molecule has 0 aliphatic carbocycles. The van der Waals surface area contributed by atoms with E-state index in [9.17, 15) is 4.79 Å². The van der Waals surface area contributed by atoms with Crippen LogP contribution in [-0.2, 0) is 19.6 Å². The van der Waals surface area contributed by atoms with E-state index < -0.39 is 11.8 Å². The lowest BCUT2D eigenvalue weighted by molar-refractivity contribution is -0.517.